The second kappa shape index (κ2) is 8.08. The van der Waals surface area contributed by atoms with Crippen molar-refractivity contribution in [1.82, 2.24) is 19.4 Å². The van der Waals surface area contributed by atoms with Crippen LogP contribution < -0.4 is 26.2 Å². The van der Waals surface area contributed by atoms with E-state index in [0.717, 1.165) is 0 Å². The molecule has 13 heteroatoms. The number of aliphatic imine (C=N–C) groups is 1. The average Bonchev–Trinajstić information content (AvgIpc) is 2.40. The van der Waals surface area contributed by atoms with Gasteiger partial charge in [0.2, 0.25) is 5.96 Å². The molecule has 0 aliphatic carbocycles. The van der Waals surface area contributed by atoms with Crippen molar-refractivity contribution >= 4 is 45.3 Å². The highest BCUT2D eigenvalue weighted by Gasteiger charge is 2.18. The normalized spacial score (nSPS) is 12.3. The molecule has 24 heavy (non-hydrogen) atoms. The topological polar surface area (TPSA) is 177 Å². The molecule has 0 saturated carbocycles. The maximum Gasteiger partial charge on any atom is 0.302 e. The zero-order valence-electron chi connectivity index (χ0n) is 13.3. The van der Waals surface area contributed by atoms with E-state index in [4.69, 9.17) is 23.1 Å². The van der Waals surface area contributed by atoms with Crippen LogP contribution in [-0.4, -0.2) is 42.8 Å². The summed E-state index contributed by atoms with van der Waals surface area (Å²) in [4.78, 5) is 23.1. The molecule has 11 nitrogen and oxygen atoms in total. The minimum absolute atomic E-state index is 0.0203. The van der Waals surface area contributed by atoms with E-state index in [-0.39, 0.29) is 35.1 Å². The Kier molecular flexibility index (Phi) is 6.69. The molecule has 0 spiro atoms. The Morgan fingerprint density at radius 3 is 2.54 bits per heavy atom. The number of amides is 1. The van der Waals surface area contributed by atoms with Crippen molar-refractivity contribution in [2.75, 3.05) is 17.6 Å². The van der Waals surface area contributed by atoms with Gasteiger partial charge >= 0.3 is 16.1 Å². The summed E-state index contributed by atoms with van der Waals surface area (Å²) in [5, 5.41) is 2.83. The maximum absolute atomic E-state index is 12.0. The minimum Gasteiger partial charge on any atom is -0.382 e. The molecule has 7 N–H and O–H groups in total. The van der Waals surface area contributed by atoms with Gasteiger partial charge in [-0.15, -0.1) is 0 Å². The number of anilines is 2. The molecular weight excluding hydrogens is 360 g/mol. The second-order valence-electron chi connectivity index (χ2n) is 4.80. The van der Waals surface area contributed by atoms with Crippen molar-refractivity contribution < 1.29 is 13.2 Å². The zero-order chi connectivity index (χ0) is 18.5. The Bertz CT molecular complexity index is 750. The fraction of sp³-hybridized carbons (Fsp3) is 0.455. The summed E-state index contributed by atoms with van der Waals surface area (Å²) in [5.41, 5.74) is 10.7. The molecule has 0 unspecified atom stereocenters. The largest absolute Gasteiger partial charge is 0.382 e. The summed E-state index contributed by atoms with van der Waals surface area (Å²) in [6, 6.07) is 0.0203. The highest BCUT2D eigenvalue weighted by molar-refractivity contribution is 7.88. The van der Waals surface area contributed by atoms with E-state index in [1.807, 2.05) is 18.6 Å². The van der Waals surface area contributed by atoms with Gasteiger partial charge < -0.3 is 16.8 Å². The van der Waals surface area contributed by atoms with E-state index in [1.165, 1.54) is 0 Å². The van der Waals surface area contributed by atoms with Gasteiger partial charge in [-0.3, -0.25) is 4.79 Å². The Morgan fingerprint density at radius 2 is 2.00 bits per heavy atom. The first kappa shape index (κ1) is 19.9. The number of rotatable bonds is 6. The van der Waals surface area contributed by atoms with Crippen LogP contribution >= 0.6 is 11.6 Å². The fourth-order valence-electron chi connectivity index (χ4n) is 1.50. The van der Waals surface area contributed by atoms with E-state index in [9.17, 15) is 13.2 Å². The van der Waals surface area contributed by atoms with Crippen LogP contribution in [0.1, 0.15) is 31.3 Å². The van der Waals surface area contributed by atoms with Crippen LogP contribution in [0, 0.1) is 0 Å². The lowest BCUT2D eigenvalue weighted by Gasteiger charge is -2.11. The third kappa shape index (κ3) is 5.79. The second-order valence-corrected chi connectivity index (χ2v) is 6.66. The molecule has 1 heterocycles. The Hall–Kier alpha value is -2.18. The Morgan fingerprint density at radius 1 is 1.38 bits per heavy atom. The molecule has 0 radical (unpaired) electrons. The summed E-state index contributed by atoms with van der Waals surface area (Å²) in [6.07, 6.45) is 0. The van der Waals surface area contributed by atoms with Crippen molar-refractivity contribution in [3.05, 3.63) is 10.8 Å². The molecule has 134 valence electrons. The Labute approximate surface area is 144 Å². The van der Waals surface area contributed by atoms with Crippen LogP contribution in [0.2, 0.25) is 5.15 Å². The molecule has 0 fully saturated rings. The van der Waals surface area contributed by atoms with Crippen LogP contribution in [0.5, 0.6) is 0 Å². The number of aromatic nitrogens is 2. The number of hydrogen-bond donors (Lipinski definition) is 5. The van der Waals surface area contributed by atoms with E-state index in [0.29, 0.717) is 0 Å². The highest BCUT2D eigenvalue weighted by atomic mass is 35.5. The lowest BCUT2D eigenvalue weighted by molar-refractivity contribution is 0.0998. The number of guanidine groups is 1. The molecule has 0 atom stereocenters. The summed E-state index contributed by atoms with van der Waals surface area (Å²) in [6.45, 7) is 5.42. The molecule has 1 aromatic rings. The summed E-state index contributed by atoms with van der Waals surface area (Å²) < 4.78 is 26.9. The van der Waals surface area contributed by atoms with Crippen molar-refractivity contribution in [1.29, 1.82) is 0 Å². The van der Waals surface area contributed by atoms with Gasteiger partial charge in [0.1, 0.15) is 0 Å². The third-order valence-electron chi connectivity index (χ3n) is 2.30. The maximum atomic E-state index is 12.0. The summed E-state index contributed by atoms with van der Waals surface area (Å²) >= 11 is 5.93. The highest BCUT2D eigenvalue weighted by Crippen LogP contribution is 2.21. The molecule has 1 aromatic heterocycles. The van der Waals surface area contributed by atoms with E-state index < -0.39 is 22.1 Å². The van der Waals surface area contributed by atoms with Crippen LogP contribution in [-0.2, 0) is 10.2 Å². The molecule has 0 saturated heterocycles. The van der Waals surface area contributed by atoms with Crippen molar-refractivity contribution in [2.24, 2.45) is 10.7 Å². The number of nitrogens with zero attached hydrogens (tertiary/aromatic N) is 3. The van der Waals surface area contributed by atoms with E-state index >= 15 is 0 Å². The zero-order valence-corrected chi connectivity index (χ0v) is 14.9. The number of carbonyl (C=O) groups is 1. The van der Waals surface area contributed by atoms with Gasteiger partial charge in [-0.1, -0.05) is 18.5 Å². The van der Waals surface area contributed by atoms with Crippen LogP contribution in [0.4, 0.5) is 11.6 Å². The first-order valence-electron chi connectivity index (χ1n) is 6.81. The smallest absolute Gasteiger partial charge is 0.302 e. The van der Waals surface area contributed by atoms with Crippen LogP contribution in [0.25, 0.3) is 0 Å². The van der Waals surface area contributed by atoms with Gasteiger partial charge in [0.25, 0.3) is 0 Å². The molecule has 0 bridgehead atoms. The standard InChI is InChI=1S/C11H19ClN8O3S/c1-4-15-24(22,23)20-11(14)19-10(21)6-8(13)18-9(7(12)17-6)16-5(2)3/h5,15H,4H2,1-3H3,(H3,13,16,18)(H3,14,19,20,21). The van der Waals surface area contributed by atoms with Gasteiger partial charge in [0.15, 0.2) is 22.5 Å². The van der Waals surface area contributed by atoms with E-state index in [2.05, 4.69) is 25.0 Å². The van der Waals surface area contributed by atoms with Crippen molar-refractivity contribution in [2.45, 2.75) is 26.8 Å². The van der Waals surface area contributed by atoms with Crippen LogP contribution in [0.3, 0.4) is 0 Å². The molecule has 1 rings (SSSR count). The number of nitrogen functional groups attached to an aromatic ring is 1. The number of hydrogen-bond acceptors (Lipinski definition) is 7. The predicted molar refractivity (Wildman–Crippen MR) is 91.9 cm³/mol. The van der Waals surface area contributed by atoms with Gasteiger partial charge in [0.05, 0.1) is 0 Å². The number of nitrogens with two attached hydrogens (primary N) is 2. The van der Waals surface area contributed by atoms with Gasteiger partial charge in [0, 0.05) is 12.6 Å². The molecule has 1 amide bonds. The summed E-state index contributed by atoms with van der Waals surface area (Å²) in [5.74, 6) is -1.65. The number of halogens is 1. The van der Waals surface area contributed by atoms with Crippen molar-refractivity contribution in [3.63, 3.8) is 0 Å². The molecule has 0 aliphatic heterocycles. The predicted octanol–water partition coefficient (Wildman–Crippen LogP) is -0.569. The van der Waals surface area contributed by atoms with Gasteiger partial charge in [-0.2, -0.15) is 18.1 Å². The lowest BCUT2D eigenvalue weighted by atomic mass is 10.3. The number of carbonyl (C=O) groups excluding carboxylic acids is 1. The average molecular weight is 379 g/mol. The first-order valence-corrected chi connectivity index (χ1v) is 8.67. The molecule has 0 aromatic carbocycles. The monoisotopic (exact) mass is 378 g/mol. The molecular formula is C11H19ClN8O3S. The minimum atomic E-state index is -3.91. The van der Waals surface area contributed by atoms with Crippen LogP contribution in [0.15, 0.2) is 4.99 Å². The van der Waals surface area contributed by atoms with Crippen molar-refractivity contribution in [3.8, 4) is 0 Å². The Balaban J connectivity index is 3.03. The lowest BCUT2D eigenvalue weighted by Crippen LogP contribution is -2.44. The van der Waals surface area contributed by atoms with Gasteiger partial charge in [-0.05, 0) is 13.8 Å². The quantitative estimate of drug-likeness (QED) is 0.322. The first-order chi connectivity index (χ1) is 11.1. The summed E-state index contributed by atoms with van der Waals surface area (Å²) in [7, 11) is -3.91. The van der Waals surface area contributed by atoms with Gasteiger partial charge in [-0.25, -0.2) is 14.7 Å². The molecule has 0 aliphatic rings. The van der Waals surface area contributed by atoms with E-state index in [1.54, 1.807) is 6.92 Å². The third-order valence-corrected chi connectivity index (χ3v) is 3.71. The fourth-order valence-corrected chi connectivity index (χ4v) is 2.45. The number of nitrogens with one attached hydrogen (secondary N) is 3. The SMILES string of the molecule is CCNS(=O)(=O)N/C(N)=N\C(=O)c1nc(Cl)c(NC(C)C)nc1N.